The van der Waals surface area contributed by atoms with Gasteiger partial charge in [-0.05, 0) is 37.3 Å². The monoisotopic (exact) mass is 532 g/mol. The molecule has 37 heavy (non-hydrogen) atoms. The molecule has 0 saturated heterocycles. The number of aromatic nitrogens is 1. The number of carbonyl (C=O) groups excluding carboxylic acids is 1. The van der Waals surface area contributed by atoms with Crippen molar-refractivity contribution >= 4 is 17.5 Å². The molecule has 0 atom stereocenters. The Morgan fingerprint density at radius 3 is 2.22 bits per heavy atom. The van der Waals surface area contributed by atoms with Crippen LogP contribution in [-0.4, -0.2) is 37.1 Å². The number of rotatable bonds is 6. The number of halogens is 3. The van der Waals surface area contributed by atoms with Gasteiger partial charge >= 0.3 is 0 Å². The number of hydrogen-bond donors (Lipinski definition) is 0. The first-order valence-electron chi connectivity index (χ1n) is 11.5. The van der Waals surface area contributed by atoms with Gasteiger partial charge in [-0.3, -0.25) is 4.79 Å². The van der Waals surface area contributed by atoms with Crippen molar-refractivity contribution in [3.63, 3.8) is 0 Å². The number of benzene rings is 2. The lowest BCUT2D eigenvalue weighted by Gasteiger charge is -2.18. The average Bonchev–Trinajstić information content (AvgIpc) is 3.20. The van der Waals surface area contributed by atoms with Crippen molar-refractivity contribution < 1.29 is 27.8 Å². The topological polar surface area (TPSA) is 60.9 Å². The summed E-state index contributed by atoms with van der Waals surface area (Å²) in [7, 11) is 4.69. The highest BCUT2D eigenvalue weighted by atomic mass is 35.5. The van der Waals surface area contributed by atoms with Crippen LogP contribution < -0.4 is 9.47 Å². The van der Waals surface area contributed by atoms with Gasteiger partial charge in [0.15, 0.2) is 0 Å². The molecule has 0 N–H and O–H groups in total. The van der Waals surface area contributed by atoms with Crippen molar-refractivity contribution in [3.05, 3.63) is 88.3 Å². The van der Waals surface area contributed by atoms with Crippen LogP contribution >= 0.6 is 11.6 Å². The summed E-state index contributed by atoms with van der Waals surface area (Å²) in [5.74, 6) is 0.162. The zero-order valence-electron chi connectivity index (χ0n) is 21.8. The Labute approximate surface area is 221 Å². The van der Waals surface area contributed by atoms with Gasteiger partial charge in [0, 0.05) is 11.6 Å². The molecule has 0 unspecified atom stereocenters. The van der Waals surface area contributed by atoms with E-state index in [1.54, 1.807) is 38.2 Å². The highest BCUT2D eigenvalue weighted by molar-refractivity contribution is 6.34. The van der Waals surface area contributed by atoms with Crippen LogP contribution in [0.3, 0.4) is 0 Å². The van der Waals surface area contributed by atoms with Gasteiger partial charge < -0.3 is 19.1 Å². The van der Waals surface area contributed by atoms with Crippen molar-refractivity contribution in [2.45, 2.75) is 33.9 Å². The van der Waals surface area contributed by atoms with Gasteiger partial charge in [-0.1, -0.05) is 38.1 Å². The Hall–Kier alpha value is -3.65. The lowest BCUT2D eigenvalue weighted by atomic mass is 10.1. The van der Waals surface area contributed by atoms with E-state index in [4.69, 9.17) is 21.1 Å². The van der Waals surface area contributed by atoms with E-state index in [0.29, 0.717) is 17.2 Å². The smallest absolute Gasteiger partial charge is 0.257 e. The molecule has 1 aliphatic heterocycles. The minimum Gasteiger partial charge on any atom is -0.502 e. The first-order valence-corrected chi connectivity index (χ1v) is 11.9. The number of pyridine rings is 1. The molecule has 9 heteroatoms. The molecule has 198 valence electrons. The third-order valence-corrected chi connectivity index (χ3v) is 5.61. The molecule has 0 aliphatic carbocycles. The Bertz CT molecular complexity index is 1250. The maximum absolute atomic E-state index is 14.2. The average molecular weight is 533 g/mol. The normalized spacial score (nSPS) is 11.5. The second kappa shape index (κ2) is 13.6. The summed E-state index contributed by atoms with van der Waals surface area (Å²) in [6, 6.07) is 10.2. The van der Waals surface area contributed by atoms with E-state index in [1.165, 1.54) is 19.2 Å². The number of nitrogens with zero attached hydrogens (tertiary/aromatic N) is 2. The maximum Gasteiger partial charge on any atom is 0.257 e. The van der Waals surface area contributed by atoms with E-state index in [1.807, 2.05) is 19.9 Å². The minimum absolute atomic E-state index is 0.0472. The first-order chi connectivity index (χ1) is 17.7. The van der Waals surface area contributed by atoms with E-state index in [2.05, 4.69) is 16.3 Å². The van der Waals surface area contributed by atoms with Gasteiger partial charge in [0.05, 0.1) is 67.7 Å². The van der Waals surface area contributed by atoms with Crippen molar-refractivity contribution in [1.29, 1.82) is 0 Å². The van der Waals surface area contributed by atoms with Crippen LogP contribution in [0.5, 0.6) is 11.5 Å². The van der Waals surface area contributed by atoms with Crippen LogP contribution in [0.4, 0.5) is 8.78 Å². The van der Waals surface area contributed by atoms with Gasteiger partial charge in [-0.15, -0.1) is 0 Å². The quantitative estimate of drug-likeness (QED) is 0.318. The number of methoxy groups -OCH3 is 3. The van der Waals surface area contributed by atoms with E-state index in [-0.39, 0.29) is 40.8 Å². The number of amides is 1. The molecular weight excluding hydrogens is 502 g/mol. The van der Waals surface area contributed by atoms with E-state index < -0.39 is 11.6 Å². The molecule has 1 aromatic heterocycles. The first kappa shape index (κ1) is 29.6. The molecule has 4 rings (SSSR count). The van der Waals surface area contributed by atoms with Crippen molar-refractivity contribution in [3.8, 4) is 22.8 Å². The lowest BCUT2D eigenvalue weighted by molar-refractivity contribution is 0.0765. The van der Waals surface area contributed by atoms with Gasteiger partial charge in [-0.2, -0.15) is 0 Å². The van der Waals surface area contributed by atoms with Crippen LogP contribution in [0.1, 0.15) is 42.4 Å². The third-order valence-electron chi connectivity index (χ3n) is 5.31. The molecule has 2 aromatic carbocycles. The number of hydrogen-bond acceptors (Lipinski definition) is 5. The maximum atomic E-state index is 14.2. The number of ether oxygens (including phenoxy) is 3. The van der Waals surface area contributed by atoms with Crippen LogP contribution in [0, 0.1) is 11.6 Å². The van der Waals surface area contributed by atoms with Crippen molar-refractivity contribution in [2.75, 3.05) is 21.3 Å². The highest BCUT2D eigenvalue weighted by Crippen LogP contribution is 2.35. The van der Waals surface area contributed by atoms with Gasteiger partial charge in [0.25, 0.3) is 5.91 Å². The van der Waals surface area contributed by atoms with Gasteiger partial charge in [0.1, 0.15) is 23.1 Å². The van der Waals surface area contributed by atoms with E-state index in [9.17, 15) is 13.6 Å². The summed E-state index contributed by atoms with van der Waals surface area (Å²) >= 11 is 6.32. The predicted octanol–water partition coefficient (Wildman–Crippen LogP) is 7.05. The Balaban J connectivity index is 0.000000617. The molecule has 2 heterocycles. The lowest BCUT2D eigenvalue weighted by Crippen LogP contribution is -2.23. The second-order valence-corrected chi connectivity index (χ2v) is 8.06. The summed E-state index contributed by atoms with van der Waals surface area (Å²) in [6.07, 6.45) is 0. The Morgan fingerprint density at radius 1 is 1.05 bits per heavy atom. The van der Waals surface area contributed by atoms with Crippen LogP contribution in [0.2, 0.25) is 5.02 Å². The number of fused-ring (bicyclic) bond motifs is 1. The highest BCUT2D eigenvalue weighted by Gasteiger charge is 2.33. The van der Waals surface area contributed by atoms with Crippen molar-refractivity contribution in [1.82, 2.24) is 9.88 Å². The fourth-order valence-corrected chi connectivity index (χ4v) is 3.79. The summed E-state index contributed by atoms with van der Waals surface area (Å²) in [5, 5.41) is 0.104. The minimum atomic E-state index is -0.748. The predicted molar refractivity (Wildman–Crippen MR) is 141 cm³/mol. The molecule has 0 spiro atoms. The molecule has 6 nitrogen and oxygen atoms in total. The fraction of sp³-hybridized carbons (Fsp3) is 0.286. The summed E-state index contributed by atoms with van der Waals surface area (Å²) in [6.45, 7) is 9.67. The summed E-state index contributed by atoms with van der Waals surface area (Å²) in [5.41, 5.74) is 1.16. The number of carbonyl (C=O) groups is 1. The zero-order chi connectivity index (χ0) is 27.7. The molecule has 1 aliphatic rings. The summed E-state index contributed by atoms with van der Waals surface area (Å²) < 4.78 is 43.5. The van der Waals surface area contributed by atoms with Crippen molar-refractivity contribution in [2.24, 2.45) is 0 Å². The Kier molecular flexibility index (Phi) is 10.9. The molecule has 0 radical (unpaired) electrons. The molecule has 0 saturated carbocycles. The van der Waals surface area contributed by atoms with Gasteiger partial charge in [-0.25, -0.2) is 13.8 Å². The fourth-order valence-electron chi connectivity index (χ4n) is 3.50. The van der Waals surface area contributed by atoms with Gasteiger partial charge in [0.2, 0.25) is 0 Å². The van der Waals surface area contributed by atoms with Crippen LogP contribution in [0.25, 0.3) is 11.3 Å². The van der Waals surface area contributed by atoms with Crippen LogP contribution in [0.15, 0.2) is 54.8 Å². The third kappa shape index (κ3) is 6.98. The molecule has 1 amide bonds. The SMILES string of the molecule is C=C(C)OC.CC.COc1ccc(CN2Cc3nc(-c4c(F)cccc4F)cc(Cl)c3C2=O)c(OC)c1. The molecule has 3 aromatic rings. The molecular formula is C28H31ClF2N2O4. The van der Waals surface area contributed by atoms with E-state index >= 15 is 0 Å². The van der Waals surface area contributed by atoms with Crippen LogP contribution in [-0.2, 0) is 17.8 Å². The summed E-state index contributed by atoms with van der Waals surface area (Å²) in [4.78, 5) is 18.8. The Morgan fingerprint density at radius 2 is 1.68 bits per heavy atom. The number of allylic oxidation sites excluding steroid dienone is 1. The molecule has 0 bridgehead atoms. The standard InChI is InChI=1S/C22H17ClF2N2O3.C4H8O.C2H6/c1-29-13-7-6-12(19(8-13)30-2)10-27-11-18-20(22(27)28)14(23)9-17(26-18)21-15(24)4-3-5-16(21)25;1-4(2)5-3;1-2/h3-9H,10-11H2,1-2H3;1H2,2-3H3;1-2H3. The largest absolute Gasteiger partial charge is 0.502 e. The molecule has 0 fully saturated rings. The zero-order valence-corrected chi connectivity index (χ0v) is 22.6. The second-order valence-electron chi connectivity index (χ2n) is 7.65. The van der Waals surface area contributed by atoms with E-state index in [0.717, 1.165) is 23.5 Å².